The summed E-state index contributed by atoms with van der Waals surface area (Å²) in [7, 11) is 0. The van der Waals surface area contributed by atoms with E-state index in [0.29, 0.717) is 24.0 Å². The molecule has 8 nitrogen and oxygen atoms in total. The summed E-state index contributed by atoms with van der Waals surface area (Å²) >= 11 is 0. The first-order chi connectivity index (χ1) is 18.8. The molecule has 200 valence electrons. The summed E-state index contributed by atoms with van der Waals surface area (Å²) in [6.45, 7) is 8.90. The van der Waals surface area contributed by atoms with Crippen molar-refractivity contribution in [1.29, 1.82) is 0 Å². The van der Waals surface area contributed by atoms with Gasteiger partial charge in [-0.1, -0.05) is 56.7 Å². The fraction of sp³-hybridized carbons (Fsp3) is 0.323. The quantitative estimate of drug-likeness (QED) is 0.363. The summed E-state index contributed by atoms with van der Waals surface area (Å²) in [4.78, 5) is 25.1. The van der Waals surface area contributed by atoms with Crippen LogP contribution in [0, 0.1) is 5.92 Å². The highest BCUT2D eigenvalue weighted by Crippen LogP contribution is 2.33. The van der Waals surface area contributed by atoms with E-state index in [1.54, 1.807) is 0 Å². The number of carbonyl (C=O) groups excluding carboxylic acids is 2. The Morgan fingerprint density at radius 1 is 1.08 bits per heavy atom. The largest absolute Gasteiger partial charge is 0.348 e. The number of urea groups is 1. The maximum Gasteiger partial charge on any atom is 0.324 e. The number of hydrogen-bond donors (Lipinski definition) is 4. The van der Waals surface area contributed by atoms with E-state index >= 15 is 0 Å². The molecule has 6 rings (SSSR count). The van der Waals surface area contributed by atoms with Crippen molar-refractivity contribution in [3.05, 3.63) is 83.1 Å². The second-order valence-corrected chi connectivity index (χ2v) is 11.5. The molecule has 3 heterocycles. The van der Waals surface area contributed by atoms with Gasteiger partial charge in [-0.25, -0.2) is 9.48 Å². The number of hydrogen-bond acceptors (Lipinski definition) is 4. The molecule has 0 spiro atoms. The third kappa shape index (κ3) is 5.00. The number of fused-ring (bicyclic) bond motifs is 2. The molecule has 0 saturated carbocycles. The molecule has 2 aliphatic heterocycles. The maximum absolute atomic E-state index is 13.1. The summed E-state index contributed by atoms with van der Waals surface area (Å²) in [5.41, 5.74) is 7.62. The van der Waals surface area contributed by atoms with Gasteiger partial charge >= 0.3 is 6.03 Å². The Morgan fingerprint density at radius 3 is 2.67 bits per heavy atom. The van der Waals surface area contributed by atoms with Gasteiger partial charge in [0.25, 0.3) is 5.91 Å². The van der Waals surface area contributed by atoms with Crippen LogP contribution in [-0.2, 0) is 12.0 Å². The summed E-state index contributed by atoms with van der Waals surface area (Å²) < 4.78 is 1.86. The van der Waals surface area contributed by atoms with E-state index in [4.69, 9.17) is 5.10 Å². The first-order valence-corrected chi connectivity index (χ1v) is 13.6. The molecule has 1 fully saturated rings. The van der Waals surface area contributed by atoms with Gasteiger partial charge in [0, 0.05) is 35.8 Å². The number of aromatic nitrogens is 2. The van der Waals surface area contributed by atoms with Crippen molar-refractivity contribution in [2.45, 2.75) is 45.6 Å². The second-order valence-electron chi connectivity index (χ2n) is 11.5. The molecule has 4 N–H and O–H groups in total. The highest BCUT2D eigenvalue weighted by atomic mass is 16.2. The number of allylic oxidation sites excluding steroid dienone is 3. The summed E-state index contributed by atoms with van der Waals surface area (Å²) in [5, 5.41) is 17.2. The van der Waals surface area contributed by atoms with Gasteiger partial charge in [-0.15, -0.1) is 0 Å². The predicted octanol–water partition coefficient (Wildman–Crippen LogP) is 5.52. The molecular weight excluding hydrogens is 488 g/mol. The van der Waals surface area contributed by atoms with Gasteiger partial charge in [0.05, 0.1) is 11.4 Å². The molecule has 1 unspecified atom stereocenters. The van der Waals surface area contributed by atoms with Gasteiger partial charge in [0.1, 0.15) is 5.82 Å². The Kier molecular flexibility index (Phi) is 6.35. The molecule has 0 bridgehead atoms. The Hall–Kier alpha value is -4.17. The van der Waals surface area contributed by atoms with E-state index in [0.717, 1.165) is 59.6 Å². The van der Waals surface area contributed by atoms with Gasteiger partial charge in [-0.2, -0.15) is 5.10 Å². The van der Waals surface area contributed by atoms with E-state index in [-0.39, 0.29) is 17.4 Å². The fourth-order valence-electron chi connectivity index (χ4n) is 5.50. The highest BCUT2D eigenvalue weighted by molar-refractivity contribution is 6.01. The topological polar surface area (TPSA) is 100 Å². The molecule has 8 heteroatoms. The predicted molar refractivity (Wildman–Crippen MR) is 155 cm³/mol. The minimum atomic E-state index is -0.330. The Labute approximate surface area is 228 Å². The average molecular weight is 523 g/mol. The Bertz CT molecular complexity index is 1510. The van der Waals surface area contributed by atoms with E-state index in [2.05, 4.69) is 54.2 Å². The first kappa shape index (κ1) is 25.1. The molecule has 3 aliphatic rings. The van der Waals surface area contributed by atoms with Crippen molar-refractivity contribution >= 4 is 29.1 Å². The second kappa shape index (κ2) is 9.85. The van der Waals surface area contributed by atoms with Gasteiger partial charge in [-0.05, 0) is 66.3 Å². The van der Waals surface area contributed by atoms with Crippen molar-refractivity contribution in [1.82, 2.24) is 20.4 Å². The number of benzene rings is 2. The Morgan fingerprint density at radius 2 is 1.87 bits per heavy atom. The van der Waals surface area contributed by atoms with Crippen LogP contribution in [0.2, 0.25) is 0 Å². The fourth-order valence-corrected chi connectivity index (χ4v) is 5.50. The number of nitrogens with zero attached hydrogens (tertiary/aromatic N) is 2. The van der Waals surface area contributed by atoms with Crippen LogP contribution in [0.5, 0.6) is 0 Å². The number of anilines is 2. The zero-order valence-corrected chi connectivity index (χ0v) is 22.6. The van der Waals surface area contributed by atoms with Crippen LogP contribution in [0.25, 0.3) is 16.8 Å². The first-order valence-electron chi connectivity index (χ1n) is 13.6. The highest BCUT2D eigenvalue weighted by Gasteiger charge is 2.26. The van der Waals surface area contributed by atoms with Crippen molar-refractivity contribution in [3.8, 4) is 11.1 Å². The zero-order valence-electron chi connectivity index (χ0n) is 22.6. The number of nitrogens with one attached hydrogen (secondary N) is 4. The van der Waals surface area contributed by atoms with Crippen LogP contribution in [0.4, 0.5) is 16.3 Å². The molecule has 0 radical (unpaired) electrons. The molecule has 3 aromatic rings. The number of carbonyl (C=O) groups is 2. The van der Waals surface area contributed by atoms with E-state index < -0.39 is 0 Å². The standard InChI is InChI=1S/C31H34N6O2/c1-31(2,3)27-16-28(37(36-27)23-12-9-21-17-32-14-13-20(21)15-23)35-30(39)34-22-10-7-19(8-11-22)24-5-4-6-25-26(24)18-33-29(25)38/h4-8,10-12,15-16,21,32H,9,13-14,17-18H2,1-3H3,(H,33,38)(H2,34,35,39). The lowest BCUT2D eigenvalue weighted by atomic mass is 9.86. The van der Waals surface area contributed by atoms with Gasteiger partial charge in [0.15, 0.2) is 0 Å². The van der Waals surface area contributed by atoms with Crippen molar-refractivity contribution in [2.75, 3.05) is 23.7 Å². The normalized spacial score (nSPS) is 18.4. The van der Waals surface area contributed by atoms with Crippen LogP contribution in [-0.4, -0.2) is 34.8 Å². The number of amides is 3. The zero-order chi connectivity index (χ0) is 27.1. The molecule has 1 atom stereocenters. The lowest BCUT2D eigenvalue weighted by Crippen LogP contribution is -2.32. The van der Waals surface area contributed by atoms with E-state index in [1.165, 1.54) is 5.57 Å². The van der Waals surface area contributed by atoms with Gasteiger partial charge in [-0.3, -0.25) is 10.1 Å². The SMILES string of the molecule is CC(C)(C)c1cc(NC(=O)Nc2ccc(-c3cccc4c3CNC4=O)cc2)n(C2=CCC3CNCCC3=C2)n1. The maximum atomic E-state index is 13.1. The molecule has 2 aromatic carbocycles. The van der Waals surface area contributed by atoms with Crippen LogP contribution in [0.15, 0.2) is 66.3 Å². The minimum Gasteiger partial charge on any atom is -0.348 e. The molecule has 1 saturated heterocycles. The molecular formula is C31H34N6O2. The molecule has 1 aromatic heterocycles. The summed E-state index contributed by atoms with van der Waals surface area (Å²) in [5.74, 6) is 1.14. The van der Waals surface area contributed by atoms with Crippen LogP contribution in [0.1, 0.15) is 55.2 Å². The molecule has 1 aliphatic carbocycles. The molecule has 3 amide bonds. The lowest BCUT2D eigenvalue weighted by molar-refractivity contribution is 0.0965. The van der Waals surface area contributed by atoms with Crippen molar-refractivity contribution in [3.63, 3.8) is 0 Å². The smallest absolute Gasteiger partial charge is 0.324 e. The number of rotatable bonds is 4. The van der Waals surface area contributed by atoms with Gasteiger partial charge in [0.2, 0.25) is 0 Å². The minimum absolute atomic E-state index is 0.0357. The lowest BCUT2D eigenvalue weighted by Gasteiger charge is -2.29. The monoisotopic (exact) mass is 522 g/mol. The van der Waals surface area contributed by atoms with Crippen LogP contribution >= 0.6 is 0 Å². The summed E-state index contributed by atoms with van der Waals surface area (Å²) in [6, 6.07) is 15.1. The van der Waals surface area contributed by atoms with Crippen molar-refractivity contribution < 1.29 is 9.59 Å². The third-order valence-corrected chi connectivity index (χ3v) is 7.71. The number of piperidine rings is 1. The average Bonchev–Trinajstić information content (AvgIpc) is 3.53. The Balaban J connectivity index is 1.20. The molecule has 39 heavy (non-hydrogen) atoms. The van der Waals surface area contributed by atoms with Crippen molar-refractivity contribution in [2.24, 2.45) is 5.92 Å². The van der Waals surface area contributed by atoms with Crippen LogP contribution in [0.3, 0.4) is 0 Å². The van der Waals surface area contributed by atoms with Crippen LogP contribution < -0.4 is 21.3 Å². The summed E-state index contributed by atoms with van der Waals surface area (Å²) in [6.07, 6.45) is 6.45. The van der Waals surface area contributed by atoms with E-state index in [9.17, 15) is 9.59 Å². The van der Waals surface area contributed by atoms with Gasteiger partial charge < -0.3 is 16.0 Å². The third-order valence-electron chi connectivity index (χ3n) is 7.71. The van der Waals surface area contributed by atoms with E-state index in [1.807, 2.05) is 53.2 Å².